The zero-order valence-corrected chi connectivity index (χ0v) is 8.62. The molecule has 0 aromatic rings. The molecular formula is C11H13N2O2+. The van der Waals surface area contributed by atoms with Crippen LogP contribution in [-0.2, 0) is 4.84 Å². The van der Waals surface area contributed by atoms with Crippen molar-refractivity contribution in [3.63, 3.8) is 0 Å². The van der Waals surface area contributed by atoms with Crippen molar-refractivity contribution in [2.24, 2.45) is 5.92 Å². The lowest BCUT2D eigenvalue weighted by Crippen LogP contribution is -3.03. The third-order valence-electron chi connectivity index (χ3n) is 2.48. The van der Waals surface area contributed by atoms with Crippen molar-refractivity contribution in [1.29, 1.82) is 0 Å². The van der Waals surface area contributed by atoms with Crippen LogP contribution in [0.15, 0.2) is 29.2 Å². The molecule has 1 heterocycles. The van der Waals surface area contributed by atoms with Gasteiger partial charge in [-0.2, -0.15) is 5.23 Å². The van der Waals surface area contributed by atoms with Gasteiger partial charge in [0.2, 0.25) is 5.70 Å². The molecule has 0 spiro atoms. The molecule has 4 heteroatoms. The molecule has 2 unspecified atom stereocenters. The molecule has 0 aromatic heterocycles. The van der Waals surface area contributed by atoms with Crippen molar-refractivity contribution in [2.45, 2.75) is 12.8 Å². The van der Waals surface area contributed by atoms with Crippen LogP contribution in [0.4, 0.5) is 0 Å². The summed E-state index contributed by atoms with van der Waals surface area (Å²) in [6, 6.07) is 3.03. The number of hydrogen-bond acceptors (Lipinski definition) is 2. The Hall–Kier alpha value is -1.37. The Labute approximate surface area is 88.5 Å². The summed E-state index contributed by atoms with van der Waals surface area (Å²) in [5.41, 5.74) is 4.67. The maximum Gasteiger partial charge on any atom is 0.285 e. The molecule has 0 radical (unpaired) electrons. The van der Waals surface area contributed by atoms with Gasteiger partial charge in [-0.3, -0.25) is 0 Å². The van der Waals surface area contributed by atoms with Crippen LogP contribution in [0.1, 0.15) is 12.8 Å². The van der Waals surface area contributed by atoms with Crippen LogP contribution in [0.5, 0.6) is 0 Å². The summed E-state index contributed by atoms with van der Waals surface area (Å²) >= 11 is 0. The molecule has 0 aromatic carbocycles. The van der Waals surface area contributed by atoms with E-state index in [0.717, 1.165) is 25.0 Å². The van der Waals surface area contributed by atoms with E-state index in [9.17, 15) is 5.21 Å². The van der Waals surface area contributed by atoms with Crippen molar-refractivity contribution in [1.82, 2.24) is 0 Å². The van der Waals surface area contributed by atoms with E-state index in [1.807, 2.05) is 6.08 Å². The lowest BCUT2D eigenvalue weighted by Gasteiger charge is -2.18. The average molecular weight is 205 g/mol. The molecule has 0 fully saturated rings. The van der Waals surface area contributed by atoms with Gasteiger partial charge in [-0.05, 0) is 6.42 Å². The summed E-state index contributed by atoms with van der Waals surface area (Å²) in [6.07, 6.45) is 5.57. The van der Waals surface area contributed by atoms with Gasteiger partial charge in [-0.15, -0.1) is 0 Å². The number of rotatable bonds is 2. The van der Waals surface area contributed by atoms with E-state index in [1.54, 1.807) is 6.08 Å². The van der Waals surface area contributed by atoms with Gasteiger partial charge < -0.3 is 5.21 Å². The third-order valence-corrected chi connectivity index (χ3v) is 2.48. The fourth-order valence-corrected chi connectivity index (χ4v) is 1.68. The molecule has 4 nitrogen and oxygen atoms in total. The number of nitrogens with zero attached hydrogens (tertiary/aromatic N) is 1. The summed E-state index contributed by atoms with van der Waals surface area (Å²) in [7, 11) is 1.38. The Bertz CT molecular complexity index is 408. The minimum atomic E-state index is -0.335. The fourth-order valence-electron chi connectivity index (χ4n) is 1.68. The van der Waals surface area contributed by atoms with Crippen LogP contribution >= 0.6 is 0 Å². The lowest BCUT2D eigenvalue weighted by molar-refractivity contribution is -1.01. The molecule has 0 saturated heterocycles. The van der Waals surface area contributed by atoms with Crippen molar-refractivity contribution >= 4 is 0 Å². The number of allylic oxidation sites excluding steroid dienone is 2. The molecular weight excluding hydrogens is 192 g/mol. The van der Waals surface area contributed by atoms with Gasteiger partial charge in [0.25, 0.3) is 12.6 Å². The largest absolute Gasteiger partial charge is 0.594 e. The van der Waals surface area contributed by atoms with Crippen LogP contribution < -0.4 is 5.23 Å². The summed E-state index contributed by atoms with van der Waals surface area (Å²) in [6.45, 7) is 0.809. The van der Waals surface area contributed by atoms with E-state index in [1.165, 1.54) is 7.11 Å². The molecule has 1 aliphatic heterocycles. The molecule has 2 aliphatic rings. The highest BCUT2D eigenvalue weighted by molar-refractivity contribution is 5.32. The molecule has 1 aliphatic carbocycles. The number of fused-ring (bicyclic) bond motifs is 1. The highest BCUT2D eigenvalue weighted by atomic mass is 16.9. The van der Waals surface area contributed by atoms with Gasteiger partial charge >= 0.3 is 0 Å². The van der Waals surface area contributed by atoms with Gasteiger partial charge in [-0.25, -0.2) is 4.84 Å². The first-order valence-corrected chi connectivity index (χ1v) is 4.99. The lowest BCUT2D eigenvalue weighted by atomic mass is 9.94. The highest BCUT2D eigenvalue weighted by Crippen LogP contribution is 2.22. The van der Waals surface area contributed by atoms with Crippen LogP contribution in [0, 0.1) is 17.2 Å². The summed E-state index contributed by atoms with van der Waals surface area (Å²) in [5, 5.41) is 11.0. The van der Waals surface area contributed by atoms with E-state index >= 15 is 0 Å². The minimum Gasteiger partial charge on any atom is -0.594 e. The molecule has 0 bridgehead atoms. The molecule has 1 N–H and O–H groups in total. The smallest absolute Gasteiger partial charge is 0.285 e. The maximum absolute atomic E-state index is 11.3. The second-order valence-electron chi connectivity index (χ2n) is 3.51. The Balaban J connectivity index is 2.33. The van der Waals surface area contributed by atoms with E-state index in [-0.39, 0.29) is 11.1 Å². The monoisotopic (exact) mass is 205 g/mol. The van der Waals surface area contributed by atoms with E-state index in [4.69, 9.17) is 0 Å². The molecule has 2 atom stereocenters. The van der Waals surface area contributed by atoms with Crippen molar-refractivity contribution in [3.05, 3.63) is 39.2 Å². The van der Waals surface area contributed by atoms with Crippen molar-refractivity contribution < 1.29 is 10.1 Å². The Morgan fingerprint density at radius 2 is 2.53 bits per heavy atom. The van der Waals surface area contributed by atoms with Crippen LogP contribution in [0.2, 0.25) is 0 Å². The number of hydrogen-bond donors (Lipinski definition) is 1. The fraction of sp³-hybridized carbons (Fsp3) is 0.455. The summed E-state index contributed by atoms with van der Waals surface area (Å²) in [5.74, 6) is 0.0981. The van der Waals surface area contributed by atoms with Gasteiger partial charge in [0.15, 0.2) is 0 Å². The van der Waals surface area contributed by atoms with E-state index in [2.05, 4.69) is 21.5 Å². The standard InChI is InChI=1S/C11H13N2O2/c1-15-13(14)11-5-4-10-8-12-6-2-3-9(10)7-11/h4-5,10,13H,2-3,6H2,1H3/q+1. The first-order chi connectivity index (χ1) is 7.31. The zero-order chi connectivity index (χ0) is 10.7. The average Bonchev–Trinajstić information content (AvgIpc) is 2.51. The quantitative estimate of drug-likeness (QED) is 0.531. The number of nitrogens with one attached hydrogen (secondary N) is 1. The molecule has 15 heavy (non-hydrogen) atoms. The zero-order valence-electron chi connectivity index (χ0n) is 8.62. The predicted molar refractivity (Wildman–Crippen MR) is 55.9 cm³/mol. The van der Waals surface area contributed by atoms with Crippen molar-refractivity contribution in [2.75, 3.05) is 13.7 Å². The van der Waals surface area contributed by atoms with Crippen LogP contribution in [-0.4, -0.2) is 13.7 Å². The third kappa shape index (κ3) is 2.17. The summed E-state index contributed by atoms with van der Waals surface area (Å²) < 4.78 is 0. The van der Waals surface area contributed by atoms with Gasteiger partial charge in [0.1, 0.15) is 5.92 Å². The molecule has 2 rings (SSSR count). The Morgan fingerprint density at radius 3 is 3.33 bits per heavy atom. The van der Waals surface area contributed by atoms with Crippen LogP contribution in [0.25, 0.3) is 4.85 Å². The number of hydroxylamine groups is 2. The SMILES string of the molecule is CO[NH+]([O-])C1=C=C2CCC[N+]#CC2C=C1. The first-order valence-electron chi connectivity index (χ1n) is 4.99. The summed E-state index contributed by atoms with van der Waals surface area (Å²) in [4.78, 5) is 8.81. The second kappa shape index (κ2) is 4.43. The normalized spacial score (nSPS) is 25.3. The predicted octanol–water partition coefficient (Wildman–Crippen LogP) is 0.652. The number of quaternary nitrogens is 1. The second-order valence-corrected chi connectivity index (χ2v) is 3.51. The van der Waals surface area contributed by atoms with Crippen molar-refractivity contribution in [3.8, 4) is 6.07 Å². The highest BCUT2D eigenvalue weighted by Gasteiger charge is 2.22. The van der Waals surface area contributed by atoms with Crippen LogP contribution in [0.3, 0.4) is 0 Å². The Morgan fingerprint density at radius 1 is 1.67 bits per heavy atom. The molecule has 0 saturated carbocycles. The van der Waals surface area contributed by atoms with Gasteiger partial charge in [0.05, 0.1) is 7.11 Å². The first kappa shape index (κ1) is 10.2. The topological polar surface area (TPSA) is 41.1 Å². The van der Waals surface area contributed by atoms with E-state index < -0.39 is 0 Å². The van der Waals surface area contributed by atoms with Gasteiger partial charge in [0, 0.05) is 18.1 Å². The maximum atomic E-state index is 11.3. The Kier molecular flexibility index (Phi) is 3.00. The van der Waals surface area contributed by atoms with E-state index in [0.29, 0.717) is 5.70 Å². The van der Waals surface area contributed by atoms with Gasteiger partial charge in [-0.1, -0.05) is 16.7 Å². The molecule has 0 amide bonds. The minimum absolute atomic E-state index is 0.0981. The molecule has 78 valence electrons.